The van der Waals surface area contributed by atoms with Gasteiger partial charge >= 0.3 is 6.03 Å². The average molecular weight is 459 g/mol. The van der Waals surface area contributed by atoms with Gasteiger partial charge < -0.3 is 20.9 Å². The molecule has 29 heavy (non-hydrogen) atoms. The number of rotatable bonds is 6. The Balaban J connectivity index is 1.76. The van der Waals surface area contributed by atoms with Gasteiger partial charge in [-0.1, -0.05) is 22.9 Å². The highest BCUT2D eigenvalue weighted by atomic mass is 79.9. The second-order valence-corrected chi connectivity index (χ2v) is 8.04. The minimum Gasteiger partial charge on any atom is -0.371 e. The van der Waals surface area contributed by atoms with Crippen molar-refractivity contribution >= 4 is 44.9 Å². The number of carbonyl (C=O) groups is 2. The van der Waals surface area contributed by atoms with Crippen molar-refractivity contribution in [3.8, 4) is 0 Å². The average Bonchev–Trinajstić information content (AvgIpc) is 2.74. The molecular formula is C22H27BrN4O2. The maximum atomic E-state index is 12.8. The molecular weight excluding hydrogens is 432 g/mol. The van der Waals surface area contributed by atoms with Crippen LogP contribution in [-0.4, -0.2) is 31.6 Å². The first-order chi connectivity index (χ1) is 14.1. The van der Waals surface area contributed by atoms with Crippen LogP contribution in [0.5, 0.6) is 0 Å². The molecule has 0 bridgehead atoms. The van der Waals surface area contributed by atoms with Crippen molar-refractivity contribution in [3.63, 3.8) is 0 Å². The highest BCUT2D eigenvalue weighted by Gasteiger charge is 2.19. The van der Waals surface area contributed by atoms with E-state index in [1.54, 1.807) is 6.07 Å². The van der Waals surface area contributed by atoms with Crippen LogP contribution in [0.2, 0.25) is 0 Å². The zero-order valence-electron chi connectivity index (χ0n) is 16.6. The predicted octanol–water partition coefficient (Wildman–Crippen LogP) is 5.22. The molecule has 0 saturated carbocycles. The van der Waals surface area contributed by atoms with E-state index in [9.17, 15) is 9.59 Å². The summed E-state index contributed by atoms with van der Waals surface area (Å²) in [6.45, 7) is 4.55. The van der Waals surface area contributed by atoms with Crippen molar-refractivity contribution in [2.75, 3.05) is 35.2 Å². The number of carbonyl (C=O) groups excluding carboxylic acids is 2. The van der Waals surface area contributed by atoms with Gasteiger partial charge in [0.15, 0.2) is 0 Å². The van der Waals surface area contributed by atoms with Gasteiger partial charge in [-0.25, -0.2) is 4.79 Å². The predicted molar refractivity (Wildman–Crippen MR) is 122 cm³/mol. The summed E-state index contributed by atoms with van der Waals surface area (Å²) in [5.41, 5.74) is 2.80. The van der Waals surface area contributed by atoms with Crippen LogP contribution in [0, 0.1) is 0 Å². The second-order valence-electron chi connectivity index (χ2n) is 7.12. The monoisotopic (exact) mass is 458 g/mol. The third kappa shape index (κ3) is 5.97. The van der Waals surface area contributed by atoms with Gasteiger partial charge in [0, 0.05) is 41.2 Å². The zero-order valence-corrected chi connectivity index (χ0v) is 18.2. The van der Waals surface area contributed by atoms with Crippen LogP contribution in [0.1, 0.15) is 43.0 Å². The molecule has 6 nitrogen and oxygen atoms in total. The minimum absolute atomic E-state index is 0.107. The molecule has 2 aromatic carbocycles. The third-order valence-electron chi connectivity index (χ3n) is 4.83. The first-order valence-electron chi connectivity index (χ1n) is 10.1. The zero-order chi connectivity index (χ0) is 20.6. The van der Waals surface area contributed by atoms with E-state index >= 15 is 0 Å². The van der Waals surface area contributed by atoms with Gasteiger partial charge in [-0.05, 0) is 68.1 Å². The number of urea groups is 1. The van der Waals surface area contributed by atoms with E-state index in [2.05, 4.69) is 36.8 Å². The molecule has 3 N–H and O–H groups in total. The Kier molecular flexibility index (Phi) is 7.52. The molecule has 0 unspecified atom stereocenters. The molecule has 1 aliphatic rings. The van der Waals surface area contributed by atoms with Crippen LogP contribution in [0.25, 0.3) is 0 Å². The van der Waals surface area contributed by atoms with E-state index in [-0.39, 0.29) is 11.9 Å². The molecule has 1 aliphatic heterocycles. The molecule has 0 radical (unpaired) electrons. The van der Waals surface area contributed by atoms with Crippen LogP contribution in [0.15, 0.2) is 46.9 Å². The minimum atomic E-state index is -0.349. The van der Waals surface area contributed by atoms with E-state index in [0.717, 1.165) is 42.5 Å². The lowest BCUT2D eigenvalue weighted by Gasteiger charge is -2.30. The summed E-state index contributed by atoms with van der Waals surface area (Å²) in [5, 5.41) is 8.58. The molecule has 2 aromatic rings. The fourth-order valence-corrected chi connectivity index (χ4v) is 3.63. The molecule has 1 heterocycles. The maximum absolute atomic E-state index is 12.8. The molecule has 1 saturated heterocycles. The summed E-state index contributed by atoms with van der Waals surface area (Å²) in [7, 11) is 0. The highest BCUT2D eigenvalue weighted by Crippen LogP contribution is 2.27. The lowest BCUT2D eigenvalue weighted by molar-refractivity contribution is 0.0954. The number of amides is 3. The molecule has 7 heteroatoms. The number of halogens is 1. The smallest absolute Gasteiger partial charge is 0.323 e. The molecule has 0 aliphatic carbocycles. The van der Waals surface area contributed by atoms with Gasteiger partial charge in [-0.15, -0.1) is 0 Å². The van der Waals surface area contributed by atoms with E-state index in [4.69, 9.17) is 0 Å². The van der Waals surface area contributed by atoms with Crippen molar-refractivity contribution in [1.29, 1.82) is 0 Å². The summed E-state index contributed by atoms with van der Waals surface area (Å²) in [4.78, 5) is 27.4. The van der Waals surface area contributed by atoms with E-state index < -0.39 is 0 Å². The number of nitrogens with zero attached hydrogens (tertiary/aromatic N) is 1. The Hall–Kier alpha value is -2.54. The van der Waals surface area contributed by atoms with Gasteiger partial charge in [-0.2, -0.15) is 0 Å². The summed E-state index contributed by atoms with van der Waals surface area (Å²) in [6.07, 6.45) is 4.36. The normalized spacial score (nSPS) is 13.7. The summed E-state index contributed by atoms with van der Waals surface area (Å²) in [5.74, 6) is -0.107. The quantitative estimate of drug-likeness (QED) is 0.555. The van der Waals surface area contributed by atoms with E-state index in [1.807, 2.05) is 43.3 Å². The Labute approximate surface area is 180 Å². The van der Waals surface area contributed by atoms with E-state index in [1.165, 1.54) is 6.42 Å². The molecule has 0 aromatic heterocycles. The Morgan fingerprint density at radius 2 is 1.62 bits per heavy atom. The fourth-order valence-electron chi connectivity index (χ4n) is 3.37. The maximum Gasteiger partial charge on any atom is 0.323 e. The lowest BCUT2D eigenvalue weighted by atomic mass is 10.1. The van der Waals surface area contributed by atoms with Gasteiger partial charge in [0.25, 0.3) is 5.91 Å². The van der Waals surface area contributed by atoms with Gasteiger partial charge in [0.05, 0.1) is 5.56 Å². The van der Waals surface area contributed by atoms with Crippen LogP contribution >= 0.6 is 15.9 Å². The van der Waals surface area contributed by atoms with Crippen molar-refractivity contribution in [2.24, 2.45) is 0 Å². The van der Waals surface area contributed by atoms with Crippen LogP contribution in [0.3, 0.4) is 0 Å². The first kappa shape index (κ1) is 21.2. The number of nitrogens with one attached hydrogen (secondary N) is 3. The van der Waals surface area contributed by atoms with Gasteiger partial charge in [0.1, 0.15) is 0 Å². The Morgan fingerprint density at radius 3 is 2.31 bits per heavy atom. The molecule has 0 spiro atoms. The van der Waals surface area contributed by atoms with Crippen molar-refractivity contribution in [3.05, 3.63) is 52.5 Å². The molecule has 3 rings (SSSR count). The number of hydrogen-bond acceptors (Lipinski definition) is 3. The van der Waals surface area contributed by atoms with Crippen molar-refractivity contribution in [2.45, 2.75) is 32.6 Å². The topological polar surface area (TPSA) is 73.5 Å². The van der Waals surface area contributed by atoms with Crippen LogP contribution < -0.4 is 20.9 Å². The van der Waals surface area contributed by atoms with Crippen molar-refractivity contribution < 1.29 is 9.59 Å². The SMILES string of the molecule is CCCNC(=O)c1cc(NC(=O)Nc2ccc(Br)cc2)ccc1N1CCCCC1. The number of anilines is 3. The standard InChI is InChI=1S/C22H27BrN4O2/c1-2-12-24-21(28)19-15-18(10-11-20(19)27-13-4-3-5-14-27)26-22(29)25-17-8-6-16(23)7-9-17/h6-11,15H,2-5,12-14H2,1H3,(H,24,28)(H2,25,26,29). The van der Waals surface area contributed by atoms with Gasteiger partial charge in [-0.3, -0.25) is 4.79 Å². The van der Waals surface area contributed by atoms with Crippen LogP contribution in [0.4, 0.5) is 21.9 Å². The summed E-state index contributed by atoms with van der Waals surface area (Å²) in [6, 6.07) is 12.5. The number of piperidine rings is 1. The molecule has 1 fully saturated rings. The molecule has 3 amide bonds. The lowest BCUT2D eigenvalue weighted by Crippen LogP contribution is -2.33. The largest absolute Gasteiger partial charge is 0.371 e. The number of benzene rings is 2. The highest BCUT2D eigenvalue weighted by molar-refractivity contribution is 9.10. The van der Waals surface area contributed by atoms with Crippen molar-refractivity contribution in [1.82, 2.24) is 5.32 Å². The molecule has 154 valence electrons. The van der Waals surface area contributed by atoms with Crippen LogP contribution in [-0.2, 0) is 0 Å². The second kappa shape index (κ2) is 10.3. The summed E-state index contributed by atoms with van der Waals surface area (Å²) < 4.78 is 0.944. The molecule has 0 atom stereocenters. The fraction of sp³-hybridized carbons (Fsp3) is 0.364. The number of hydrogen-bond donors (Lipinski definition) is 3. The Morgan fingerprint density at radius 1 is 0.966 bits per heavy atom. The van der Waals surface area contributed by atoms with E-state index in [0.29, 0.717) is 23.5 Å². The first-order valence-corrected chi connectivity index (χ1v) is 10.9. The Bertz CT molecular complexity index is 848. The third-order valence-corrected chi connectivity index (χ3v) is 5.36. The summed E-state index contributed by atoms with van der Waals surface area (Å²) >= 11 is 3.37. The van der Waals surface area contributed by atoms with Gasteiger partial charge in [0.2, 0.25) is 0 Å².